The summed E-state index contributed by atoms with van der Waals surface area (Å²) in [5.74, 6) is 0. The second kappa shape index (κ2) is 12.1. The van der Waals surface area contributed by atoms with E-state index in [1.165, 1.54) is 72.6 Å². The first-order chi connectivity index (χ1) is 21.6. The summed E-state index contributed by atoms with van der Waals surface area (Å²) in [4.78, 5) is 2.50. The molecule has 0 saturated carbocycles. The van der Waals surface area contributed by atoms with Crippen molar-refractivity contribution >= 4 is 34.7 Å². The van der Waals surface area contributed by atoms with Crippen LogP contribution in [0.1, 0.15) is 41.7 Å². The average molecular weight is 566 g/mol. The van der Waals surface area contributed by atoms with Crippen LogP contribution in [0.15, 0.2) is 152 Å². The molecule has 7 rings (SSSR count). The molecule has 1 nitrogen and oxygen atoms in total. The first-order valence-corrected chi connectivity index (χ1v) is 15.3. The van der Waals surface area contributed by atoms with Gasteiger partial charge < -0.3 is 4.90 Å². The molecular weight excluding hydrogens is 530 g/mol. The number of anilines is 2. The summed E-state index contributed by atoms with van der Waals surface area (Å²) in [6.07, 6.45) is 4.60. The van der Waals surface area contributed by atoms with Crippen molar-refractivity contribution < 1.29 is 0 Å². The maximum absolute atomic E-state index is 2.50. The lowest BCUT2D eigenvalue weighted by Crippen LogP contribution is -2.17. The van der Waals surface area contributed by atoms with E-state index < -0.39 is 0 Å². The van der Waals surface area contributed by atoms with Crippen molar-refractivity contribution in [2.45, 2.75) is 20.4 Å². The van der Waals surface area contributed by atoms with Gasteiger partial charge in [-0.15, -0.1) is 0 Å². The predicted octanol–water partition coefficient (Wildman–Crippen LogP) is 11.8. The van der Waals surface area contributed by atoms with Crippen molar-refractivity contribution in [3.8, 4) is 22.3 Å². The molecule has 0 radical (unpaired) electrons. The third-order valence-electron chi connectivity index (χ3n) is 8.54. The molecule has 1 heterocycles. The summed E-state index contributed by atoms with van der Waals surface area (Å²) in [5, 5.41) is 0. The molecule has 0 aromatic heterocycles. The molecule has 0 spiro atoms. The van der Waals surface area contributed by atoms with Gasteiger partial charge in [-0.1, -0.05) is 140 Å². The van der Waals surface area contributed by atoms with E-state index in [1.54, 1.807) is 0 Å². The summed E-state index contributed by atoms with van der Waals surface area (Å²) in [6, 6.07) is 54.8. The number of allylic oxidation sites excluding steroid dienone is 2. The Kier molecular flexibility index (Phi) is 7.53. The molecule has 0 bridgehead atoms. The Morgan fingerprint density at radius 2 is 0.864 bits per heavy atom. The van der Waals surface area contributed by atoms with E-state index in [2.05, 4.69) is 183 Å². The zero-order valence-electron chi connectivity index (χ0n) is 25.2. The van der Waals surface area contributed by atoms with Crippen LogP contribution in [0.25, 0.3) is 45.6 Å². The summed E-state index contributed by atoms with van der Waals surface area (Å²) in [5.41, 5.74) is 16.1. The van der Waals surface area contributed by atoms with Gasteiger partial charge in [0.15, 0.2) is 0 Å². The Bertz CT molecular complexity index is 1860. The smallest absolute Gasteiger partial charge is 0.0494 e. The van der Waals surface area contributed by atoms with E-state index >= 15 is 0 Å². The van der Waals surface area contributed by atoms with Crippen molar-refractivity contribution in [3.63, 3.8) is 0 Å². The van der Waals surface area contributed by atoms with Crippen LogP contribution in [0.4, 0.5) is 11.4 Å². The van der Waals surface area contributed by atoms with Gasteiger partial charge in [0.05, 0.1) is 0 Å². The second-order valence-electron chi connectivity index (χ2n) is 11.6. The first-order valence-electron chi connectivity index (χ1n) is 15.3. The van der Waals surface area contributed by atoms with E-state index in [-0.39, 0.29) is 0 Å². The summed E-state index contributed by atoms with van der Waals surface area (Å²) in [6.45, 7) is 5.17. The zero-order chi connectivity index (χ0) is 29.9. The summed E-state index contributed by atoms with van der Waals surface area (Å²) < 4.78 is 0. The molecule has 44 heavy (non-hydrogen) atoms. The Hall–Kier alpha value is -5.40. The van der Waals surface area contributed by atoms with Gasteiger partial charge in [0.25, 0.3) is 0 Å². The minimum Gasteiger partial charge on any atom is -0.336 e. The van der Waals surface area contributed by atoms with Crippen molar-refractivity contribution in [2.24, 2.45) is 0 Å². The zero-order valence-corrected chi connectivity index (χ0v) is 25.2. The molecule has 6 aromatic carbocycles. The van der Waals surface area contributed by atoms with E-state index in [0.29, 0.717) is 0 Å². The molecule has 0 fully saturated rings. The van der Waals surface area contributed by atoms with Gasteiger partial charge in [0.2, 0.25) is 0 Å². The topological polar surface area (TPSA) is 3.24 Å². The van der Waals surface area contributed by atoms with Crippen LogP contribution in [0.5, 0.6) is 0 Å². The average Bonchev–Trinajstić information content (AvgIpc) is 3.19. The monoisotopic (exact) mass is 565 g/mol. The Morgan fingerprint density at radius 1 is 0.455 bits per heavy atom. The largest absolute Gasteiger partial charge is 0.336 e. The number of nitrogens with zero attached hydrogens (tertiary/aromatic N) is 1. The van der Waals surface area contributed by atoms with Crippen molar-refractivity contribution in [2.75, 3.05) is 4.90 Å². The number of hydrogen-bond acceptors (Lipinski definition) is 1. The van der Waals surface area contributed by atoms with Crippen LogP contribution in [0.2, 0.25) is 0 Å². The molecule has 0 atom stereocenters. The van der Waals surface area contributed by atoms with Crippen molar-refractivity contribution in [1.29, 1.82) is 0 Å². The van der Waals surface area contributed by atoms with Gasteiger partial charge in [-0.3, -0.25) is 0 Å². The number of rotatable bonds is 6. The predicted molar refractivity (Wildman–Crippen MR) is 190 cm³/mol. The fraction of sp³-hybridized carbons (Fsp3) is 0.0698. The number of benzene rings is 6. The van der Waals surface area contributed by atoms with Crippen LogP contribution in [-0.2, 0) is 6.54 Å². The van der Waals surface area contributed by atoms with Crippen molar-refractivity contribution in [3.05, 3.63) is 179 Å². The molecule has 6 aromatic rings. The second-order valence-corrected chi connectivity index (χ2v) is 11.6. The van der Waals surface area contributed by atoms with Gasteiger partial charge >= 0.3 is 0 Å². The lowest BCUT2D eigenvalue weighted by molar-refractivity contribution is 0.979. The third kappa shape index (κ3) is 5.53. The quantitative estimate of drug-likeness (QED) is 0.182. The Labute approximate surface area is 261 Å². The van der Waals surface area contributed by atoms with E-state index in [9.17, 15) is 0 Å². The van der Waals surface area contributed by atoms with Gasteiger partial charge in [-0.25, -0.2) is 0 Å². The van der Waals surface area contributed by atoms with Crippen LogP contribution in [0.3, 0.4) is 0 Å². The molecule has 0 N–H and O–H groups in total. The Morgan fingerprint density at radius 3 is 1.32 bits per heavy atom. The van der Waals surface area contributed by atoms with E-state index in [1.807, 2.05) is 0 Å². The standard InChI is InChI=1S/C43H35N/c1-31(36-16-8-4-9-17-36)26-34-22-24-42-40(28-34)38-20-12-13-21-39(38)41-29-35(27-32(2)37-18-10-5-11-19-37)23-25-43(41)44(42)30-33-14-6-3-7-15-33/h3-29H,30H2,1-2H3/b31-26+,32-27+. The van der Waals surface area contributed by atoms with E-state index in [0.717, 1.165) is 6.54 Å². The maximum Gasteiger partial charge on any atom is 0.0494 e. The van der Waals surface area contributed by atoms with Crippen LogP contribution < -0.4 is 4.90 Å². The van der Waals surface area contributed by atoms with Crippen LogP contribution in [-0.4, -0.2) is 0 Å². The summed E-state index contributed by atoms with van der Waals surface area (Å²) in [7, 11) is 0. The minimum atomic E-state index is 0.783. The third-order valence-corrected chi connectivity index (χ3v) is 8.54. The van der Waals surface area contributed by atoms with Crippen LogP contribution in [0, 0.1) is 0 Å². The highest BCUT2D eigenvalue weighted by Gasteiger charge is 2.25. The molecule has 1 heteroatoms. The maximum atomic E-state index is 2.50. The molecule has 0 aliphatic carbocycles. The first kappa shape index (κ1) is 27.4. The molecule has 0 unspecified atom stereocenters. The van der Waals surface area contributed by atoms with Crippen LogP contribution >= 0.6 is 0 Å². The highest BCUT2D eigenvalue weighted by atomic mass is 15.1. The Balaban J connectivity index is 1.40. The van der Waals surface area contributed by atoms with Crippen molar-refractivity contribution in [1.82, 2.24) is 0 Å². The molecule has 212 valence electrons. The molecular formula is C43H35N. The van der Waals surface area contributed by atoms with Gasteiger partial charge in [0, 0.05) is 29.0 Å². The molecule has 0 saturated heterocycles. The molecule has 0 amide bonds. The van der Waals surface area contributed by atoms with Gasteiger partial charge in [0.1, 0.15) is 0 Å². The number of hydrogen-bond donors (Lipinski definition) is 0. The lowest BCUT2D eigenvalue weighted by atomic mass is 9.92. The lowest BCUT2D eigenvalue weighted by Gasteiger charge is -2.28. The molecule has 1 aliphatic rings. The highest BCUT2D eigenvalue weighted by molar-refractivity contribution is 6.01. The minimum absolute atomic E-state index is 0.783. The van der Waals surface area contributed by atoms with E-state index in [4.69, 9.17) is 0 Å². The fourth-order valence-corrected chi connectivity index (χ4v) is 6.28. The van der Waals surface area contributed by atoms with Gasteiger partial charge in [-0.2, -0.15) is 0 Å². The normalized spacial score (nSPS) is 12.6. The fourth-order valence-electron chi connectivity index (χ4n) is 6.28. The summed E-state index contributed by atoms with van der Waals surface area (Å²) >= 11 is 0. The SMILES string of the molecule is C/C(=C\c1ccc2c(c1)-c1ccccc1-c1cc(/C=C(\C)c3ccccc3)ccc1N2Cc1ccccc1)c1ccccc1. The molecule has 1 aliphatic heterocycles. The van der Waals surface area contributed by atoms with Gasteiger partial charge in [-0.05, 0) is 88.2 Å². The number of fused-ring (bicyclic) bond motifs is 5. The highest BCUT2D eigenvalue weighted by Crippen LogP contribution is 2.49.